The molecular formula is C10H16N2. The molecule has 0 bridgehead atoms. The topological polar surface area (TPSA) is 24.7 Å². The fraction of sp³-hybridized carbons (Fsp3) is 0.600. The lowest BCUT2D eigenvalue weighted by Crippen LogP contribution is -2.08. The van der Waals surface area contributed by atoms with Crippen LogP contribution in [0, 0.1) is 5.92 Å². The average molecular weight is 164 g/mol. The maximum Gasteiger partial charge on any atom is 0.0921 e. The van der Waals surface area contributed by atoms with Gasteiger partial charge in [-0.3, -0.25) is 0 Å². The molecule has 1 heterocycles. The van der Waals surface area contributed by atoms with Crippen LogP contribution in [0.2, 0.25) is 0 Å². The highest BCUT2D eigenvalue weighted by Crippen LogP contribution is 2.17. The second-order valence-corrected chi connectivity index (χ2v) is 3.65. The quantitative estimate of drug-likeness (QED) is 0.568. The normalized spacial score (nSPS) is 23.6. The molecule has 0 fully saturated rings. The summed E-state index contributed by atoms with van der Waals surface area (Å²) in [6.07, 6.45) is 4.23. The Balaban J connectivity index is 2.86. The van der Waals surface area contributed by atoms with E-state index >= 15 is 0 Å². The molecule has 1 unspecified atom stereocenters. The Kier molecular flexibility index (Phi) is 2.79. The van der Waals surface area contributed by atoms with Crippen molar-refractivity contribution in [3.8, 4) is 0 Å². The van der Waals surface area contributed by atoms with Crippen LogP contribution in [0.5, 0.6) is 0 Å². The molecule has 0 aromatic rings. The van der Waals surface area contributed by atoms with Crippen molar-refractivity contribution >= 4 is 0 Å². The first kappa shape index (κ1) is 9.17. The SMILES string of the molecule is CC1=CC(C(C)C)N=NC(C)=C1. The Bertz CT molecular complexity index is 247. The minimum Gasteiger partial charge on any atom is -0.181 e. The van der Waals surface area contributed by atoms with Gasteiger partial charge in [0.1, 0.15) is 0 Å². The Morgan fingerprint density at radius 3 is 2.58 bits per heavy atom. The number of allylic oxidation sites excluding steroid dienone is 3. The van der Waals surface area contributed by atoms with Crippen molar-refractivity contribution in [2.75, 3.05) is 0 Å². The van der Waals surface area contributed by atoms with E-state index in [4.69, 9.17) is 0 Å². The van der Waals surface area contributed by atoms with Gasteiger partial charge in [0.25, 0.3) is 0 Å². The minimum absolute atomic E-state index is 0.249. The zero-order valence-corrected chi connectivity index (χ0v) is 8.20. The molecule has 2 heteroatoms. The van der Waals surface area contributed by atoms with Gasteiger partial charge in [-0.15, -0.1) is 0 Å². The lowest BCUT2D eigenvalue weighted by atomic mass is 10.0. The van der Waals surface area contributed by atoms with E-state index in [1.165, 1.54) is 5.57 Å². The summed E-state index contributed by atoms with van der Waals surface area (Å²) < 4.78 is 0. The van der Waals surface area contributed by atoms with Crippen molar-refractivity contribution < 1.29 is 0 Å². The maximum atomic E-state index is 4.23. The van der Waals surface area contributed by atoms with E-state index < -0.39 is 0 Å². The van der Waals surface area contributed by atoms with Crippen LogP contribution in [0.3, 0.4) is 0 Å². The first-order valence-corrected chi connectivity index (χ1v) is 4.37. The van der Waals surface area contributed by atoms with Crippen molar-refractivity contribution in [1.29, 1.82) is 0 Å². The van der Waals surface area contributed by atoms with Gasteiger partial charge in [0.05, 0.1) is 11.7 Å². The third kappa shape index (κ3) is 2.29. The highest BCUT2D eigenvalue weighted by Gasteiger charge is 2.10. The fourth-order valence-electron chi connectivity index (χ4n) is 1.19. The first-order chi connectivity index (χ1) is 5.59. The van der Waals surface area contributed by atoms with E-state index in [0.717, 1.165) is 5.70 Å². The molecule has 1 atom stereocenters. The van der Waals surface area contributed by atoms with Gasteiger partial charge in [0.15, 0.2) is 0 Å². The van der Waals surface area contributed by atoms with Gasteiger partial charge in [-0.05, 0) is 25.8 Å². The Morgan fingerprint density at radius 1 is 1.33 bits per heavy atom. The third-order valence-corrected chi connectivity index (χ3v) is 1.90. The van der Waals surface area contributed by atoms with Crippen molar-refractivity contribution in [1.82, 2.24) is 0 Å². The van der Waals surface area contributed by atoms with E-state index in [1.54, 1.807) is 0 Å². The number of azo groups is 1. The summed E-state index contributed by atoms with van der Waals surface area (Å²) in [5.41, 5.74) is 2.25. The summed E-state index contributed by atoms with van der Waals surface area (Å²) >= 11 is 0. The Morgan fingerprint density at radius 2 is 2.00 bits per heavy atom. The van der Waals surface area contributed by atoms with Gasteiger partial charge >= 0.3 is 0 Å². The molecule has 0 saturated heterocycles. The molecule has 0 saturated carbocycles. The molecule has 66 valence electrons. The molecular weight excluding hydrogens is 148 g/mol. The van der Waals surface area contributed by atoms with Crippen LogP contribution in [-0.4, -0.2) is 6.04 Å². The largest absolute Gasteiger partial charge is 0.181 e. The second-order valence-electron chi connectivity index (χ2n) is 3.65. The van der Waals surface area contributed by atoms with Gasteiger partial charge in [0.2, 0.25) is 0 Å². The highest BCUT2D eigenvalue weighted by atomic mass is 15.1. The molecule has 0 amide bonds. The van der Waals surface area contributed by atoms with Crippen molar-refractivity contribution in [3.05, 3.63) is 23.4 Å². The second kappa shape index (κ2) is 3.65. The molecule has 1 rings (SSSR count). The van der Waals surface area contributed by atoms with Gasteiger partial charge in [-0.2, -0.15) is 10.2 Å². The van der Waals surface area contributed by atoms with E-state index in [1.807, 2.05) is 6.92 Å². The zero-order valence-electron chi connectivity index (χ0n) is 8.20. The maximum absolute atomic E-state index is 4.23. The summed E-state index contributed by atoms with van der Waals surface area (Å²) in [4.78, 5) is 0. The highest BCUT2D eigenvalue weighted by molar-refractivity contribution is 5.23. The molecule has 1 aliphatic heterocycles. The number of rotatable bonds is 1. The van der Waals surface area contributed by atoms with Gasteiger partial charge in [0, 0.05) is 0 Å². The molecule has 0 aromatic carbocycles. The van der Waals surface area contributed by atoms with Gasteiger partial charge in [-0.25, -0.2) is 0 Å². The summed E-state index contributed by atoms with van der Waals surface area (Å²) in [6, 6.07) is 0.249. The van der Waals surface area contributed by atoms with Crippen LogP contribution in [0.4, 0.5) is 0 Å². The third-order valence-electron chi connectivity index (χ3n) is 1.90. The van der Waals surface area contributed by atoms with Crippen molar-refractivity contribution in [3.63, 3.8) is 0 Å². The van der Waals surface area contributed by atoms with Crippen molar-refractivity contribution in [2.45, 2.75) is 33.7 Å². The molecule has 0 aliphatic carbocycles. The predicted octanol–water partition coefficient (Wildman–Crippen LogP) is 3.33. The zero-order chi connectivity index (χ0) is 9.14. The number of hydrogen-bond donors (Lipinski definition) is 0. The molecule has 1 aliphatic rings. The Hall–Kier alpha value is -0.920. The summed E-state index contributed by atoms with van der Waals surface area (Å²) in [7, 11) is 0. The van der Waals surface area contributed by atoms with E-state index in [9.17, 15) is 0 Å². The van der Waals surface area contributed by atoms with Crippen LogP contribution in [0.1, 0.15) is 27.7 Å². The standard InChI is InChI=1S/C10H16N2/c1-7(2)10-6-8(3)5-9(4)11-12-10/h5-7,10H,1-4H3. The number of nitrogens with zero attached hydrogens (tertiary/aromatic N) is 2. The van der Waals surface area contributed by atoms with Crippen LogP contribution in [0.25, 0.3) is 0 Å². The minimum atomic E-state index is 0.249. The first-order valence-electron chi connectivity index (χ1n) is 4.37. The van der Waals surface area contributed by atoms with Gasteiger partial charge < -0.3 is 0 Å². The van der Waals surface area contributed by atoms with Crippen LogP contribution >= 0.6 is 0 Å². The molecule has 0 N–H and O–H groups in total. The van der Waals surface area contributed by atoms with Gasteiger partial charge in [-0.1, -0.05) is 25.5 Å². The summed E-state index contributed by atoms with van der Waals surface area (Å²) in [5.74, 6) is 0.531. The molecule has 0 aromatic heterocycles. The van der Waals surface area contributed by atoms with Crippen LogP contribution in [0.15, 0.2) is 33.7 Å². The molecule has 0 spiro atoms. The predicted molar refractivity (Wildman–Crippen MR) is 51.0 cm³/mol. The molecule has 12 heavy (non-hydrogen) atoms. The lowest BCUT2D eigenvalue weighted by molar-refractivity contribution is 0.552. The summed E-state index contributed by atoms with van der Waals surface area (Å²) in [6.45, 7) is 8.39. The van der Waals surface area contributed by atoms with Crippen LogP contribution in [-0.2, 0) is 0 Å². The lowest BCUT2D eigenvalue weighted by Gasteiger charge is -2.09. The van der Waals surface area contributed by atoms with Crippen molar-refractivity contribution in [2.24, 2.45) is 16.1 Å². The number of hydrogen-bond acceptors (Lipinski definition) is 2. The molecule has 2 nitrogen and oxygen atoms in total. The van der Waals surface area contributed by atoms with E-state index in [-0.39, 0.29) is 6.04 Å². The smallest absolute Gasteiger partial charge is 0.0921 e. The summed E-state index contributed by atoms with van der Waals surface area (Å²) in [5, 5.41) is 8.35. The van der Waals surface area contributed by atoms with Crippen LogP contribution < -0.4 is 0 Å². The van der Waals surface area contributed by atoms with E-state index in [2.05, 4.69) is 43.2 Å². The average Bonchev–Trinajstić information content (AvgIpc) is 2.11. The Labute approximate surface area is 74.1 Å². The molecule has 0 radical (unpaired) electrons. The fourth-order valence-corrected chi connectivity index (χ4v) is 1.19. The van der Waals surface area contributed by atoms with E-state index in [0.29, 0.717) is 5.92 Å². The monoisotopic (exact) mass is 164 g/mol.